The van der Waals surface area contributed by atoms with Crippen LogP contribution in [0.3, 0.4) is 0 Å². The van der Waals surface area contributed by atoms with Crippen LogP contribution < -0.4 is 14.8 Å². The topological polar surface area (TPSA) is 65.4 Å². The predicted molar refractivity (Wildman–Crippen MR) is 100 cm³/mol. The third kappa shape index (κ3) is 3.76. The van der Waals surface area contributed by atoms with Gasteiger partial charge in [0.1, 0.15) is 5.75 Å². The molecule has 0 saturated carbocycles. The van der Waals surface area contributed by atoms with Crippen molar-refractivity contribution in [2.45, 2.75) is 13.3 Å². The smallest absolute Gasteiger partial charge is 0.259 e. The molecule has 0 aliphatic carbocycles. The van der Waals surface area contributed by atoms with Crippen molar-refractivity contribution in [2.75, 3.05) is 19.5 Å². The van der Waals surface area contributed by atoms with E-state index in [0.29, 0.717) is 17.7 Å². The first-order valence-corrected chi connectivity index (χ1v) is 8.43. The van der Waals surface area contributed by atoms with E-state index in [0.717, 1.165) is 17.1 Å². The molecular weight excluding hydrogens is 349 g/mol. The number of amides is 1. The number of ether oxygens (including phenoxy) is 2. The molecule has 0 saturated heterocycles. The van der Waals surface area contributed by atoms with Gasteiger partial charge in [0.05, 0.1) is 37.4 Å². The normalized spacial score (nSPS) is 10.5. The van der Waals surface area contributed by atoms with E-state index in [1.54, 1.807) is 17.9 Å². The van der Waals surface area contributed by atoms with Crippen molar-refractivity contribution in [3.05, 3.63) is 65.7 Å². The minimum absolute atomic E-state index is 0.120. The molecule has 3 aromatic rings. The third-order valence-corrected chi connectivity index (χ3v) is 4.18. The Bertz CT molecular complexity index is 952. The Balaban J connectivity index is 1.87. The van der Waals surface area contributed by atoms with Crippen LogP contribution in [0, 0.1) is 5.82 Å². The van der Waals surface area contributed by atoms with E-state index < -0.39 is 5.82 Å². The van der Waals surface area contributed by atoms with Gasteiger partial charge in [0.25, 0.3) is 5.91 Å². The summed E-state index contributed by atoms with van der Waals surface area (Å²) in [6.07, 6.45) is 2.12. The molecule has 1 amide bonds. The minimum atomic E-state index is -0.542. The van der Waals surface area contributed by atoms with Crippen LogP contribution in [0.5, 0.6) is 11.5 Å². The summed E-state index contributed by atoms with van der Waals surface area (Å²) in [6.45, 7) is 1.95. The highest BCUT2D eigenvalue weighted by atomic mass is 19.1. The number of nitrogens with one attached hydrogen (secondary N) is 1. The molecule has 3 rings (SSSR count). The third-order valence-electron chi connectivity index (χ3n) is 4.18. The van der Waals surface area contributed by atoms with Gasteiger partial charge in [-0.05, 0) is 42.8 Å². The zero-order valence-electron chi connectivity index (χ0n) is 15.3. The summed E-state index contributed by atoms with van der Waals surface area (Å²) < 4.78 is 25.6. The second-order valence-electron chi connectivity index (χ2n) is 5.77. The minimum Gasteiger partial charge on any atom is -0.497 e. The summed E-state index contributed by atoms with van der Waals surface area (Å²) in [4.78, 5) is 12.7. The average molecular weight is 369 g/mol. The zero-order valence-corrected chi connectivity index (χ0v) is 15.3. The maximum Gasteiger partial charge on any atom is 0.259 e. The molecule has 0 fully saturated rings. The molecule has 27 heavy (non-hydrogen) atoms. The molecule has 6 nitrogen and oxygen atoms in total. The number of aromatic nitrogens is 2. The highest BCUT2D eigenvalue weighted by Gasteiger charge is 2.18. The molecule has 0 spiro atoms. The van der Waals surface area contributed by atoms with E-state index in [-0.39, 0.29) is 11.7 Å². The van der Waals surface area contributed by atoms with Gasteiger partial charge in [-0.1, -0.05) is 6.92 Å². The Morgan fingerprint density at radius 2 is 1.89 bits per heavy atom. The molecule has 1 heterocycles. The highest BCUT2D eigenvalue weighted by Crippen LogP contribution is 2.23. The first-order chi connectivity index (χ1) is 13.1. The van der Waals surface area contributed by atoms with Crippen LogP contribution in [0.15, 0.2) is 48.7 Å². The van der Waals surface area contributed by atoms with Crippen molar-refractivity contribution in [3.8, 4) is 17.2 Å². The van der Waals surface area contributed by atoms with Crippen LogP contribution >= 0.6 is 0 Å². The van der Waals surface area contributed by atoms with Crippen molar-refractivity contribution >= 4 is 11.6 Å². The Morgan fingerprint density at radius 1 is 1.15 bits per heavy atom. The molecule has 140 valence electrons. The summed E-state index contributed by atoms with van der Waals surface area (Å²) in [6, 6.07) is 11.7. The van der Waals surface area contributed by atoms with E-state index in [9.17, 15) is 9.18 Å². The Kier molecular flexibility index (Phi) is 5.40. The maximum atomic E-state index is 13.8. The molecule has 7 heteroatoms. The first-order valence-electron chi connectivity index (χ1n) is 8.43. The molecule has 0 bridgehead atoms. The highest BCUT2D eigenvalue weighted by molar-refractivity contribution is 6.05. The quantitative estimate of drug-likeness (QED) is 0.717. The maximum absolute atomic E-state index is 13.8. The molecule has 0 radical (unpaired) electrons. The van der Waals surface area contributed by atoms with Crippen molar-refractivity contribution < 1.29 is 18.7 Å². The number of hydrogen-bond donors (Lipinski definition) is 1. The van der Waals surface area contributed by atoms with Crippen LogP contribution in [0.2, 0.25) is 0 Å². The number of halogens is 1. The van der Waals surface area contributed by atoms with Crippen molar-refractivity contribution in [1.82, 2.24) is 9.78 Å². The summed E-state index contributed by atoms with van der Waals surface area (Å²) >= 11 is 0. The number of carbonyl (C=O) groups is 1. The van der Waals surface area contributed by atoms with Crippen LogP contribution in [0.1, 0.15) is 23.0 Å². The van der Waals surface area contributed by atoms with E-state index in [1.807, 2.05) is 31.2 Å². The largest absolute Gasteiger partial charge is 0.497 e. The van der Waals surface area contributed by atoms with Crippen molar-refractivity contribution in [2.24, 2.45) is 0 Å². The molecule has 0 atom stereocenters. The second-order valence-corrected chi connectivity index (χ2v) is 5.77. The van der Waals surface area contributed by atoms with Gasteiger partial charge in [-0.15, -0.1) is 0 Å². The molecule has 0 aliphatic heterocycles. The summed E-state index contributed by atoms with van der Waals surface area (Å²) in [7, 11) is 2.99. The van der Waals surface area contributed by atoms with Gasteiger partial charge in [0, 0.05) is 11.8 Å². The lowest BCUT2D eigenvalue weighted by Gasteiger charge is -2.10. The summed E-state index contributed by atoms with van der Waals surface area (Å²) in [5, 5.41) is 7.04. The Morgan fingerprint density at radius 3 is 2.48 bits per heavy atom. The molecule has 1 aromatic heterocycles. The standard InChI is InChI=1S/C20H20FN3O3/c1-4-18-16(12-22-24(18)14-6-8-15(26-2)9-7-14)20(25)23-13-5-10-19(27-3)17(21)11-13/h5-12H,4H2,1-3H3,(H,23,25). The average Bonchev–Trinajstić information content (AvgIpc) is 3.12. The SMILES string of the molecule is CCc1c(C(=O)Nc2ccc(OC)c(F)c2)cnn1-c1ccc(OC)cc1. The number of nitrogens with zero attached hydrogens (tertiary/aromatic N) is 2. The van der Waals surface area contributed by atoms with Crippen molar-refractivity contribution in [1.29, 1.82) is 0 Å². The number of hydrogen-bond acceptors (Lipinski definition) is 4. The summed E-state index contributed by atoms with van der Waals surface area (Å²) in [5.74, 6) is -0.0332. The molecule has 0 aliphatic rings. The van der Waals surface area contributed by atoms with Gasteiger partial charge in [-0.3, -0.25) is 4.79 Å². The van der Waals surface area contributed by atoms with E-state index in [4.69, 9.17) is 9.47 Å². The van der Waals surface area contributed by atoms with Crippen LogP contribution in [-0.2, 0) is 6.42 Å². The number of benzene rings is 2. The fourth-order valence-electron chi connectivity index (χ4n) is 2.79. The number of anilines is 1. The molecule has 0 unspecified atom stereocenters. The van der Waals surface area contributed by atoms with Crippen LogP contribution in [-0.4, -0.2) is 29.9 Å². The predicted octanol–water partition coefficient (Wildman–Crippen LogP) is 3.84. The van der Waals surface area contributed by atoms with Crippen molar-refractivity contribution in [3.63, 3.8) is 0 Å². The second kappa shape index (κ2) is 7.90. The fraction of sp³-hybridized carbons (Fsp3) is 0.200. The van der Waals surface area contributed by atoms with Crippen LogP contribution in [0.4, 0.5) is 10.1 Å². The Labute approximate surface area is 156 Å². The fourth-order valence-corrected chi connectivity index (χ4v) is 2.79. The lowest BCUT2D eigenvalue weighted by atomic mass is 10.1. The van der Waals surface area contributed by atoms with Gasteiger partial charge in [0.15, 0.2) is 11.6 Å². The van der Waals surface area contributed by atoms with E-state index >= 15 is 0 Å². The van der Waals surface area contributed by atoms with Crippen LogP contribution in [0.25, 0.3) is 5.69 Å². The van der Waals surface area contributed by atoms with Gasteiger partial charge in [0.2, 0.25) is 0 Å². The van der Waals surface area contributed by atoms with E-state index in [1.165, 1.54) is 25.4 Å². The number of rotatable bonds is 6. The lowest BCUT2D eigenvalue weighted by molar-refractivity contribution is 0.102. The van der Waals surface area contributed by atoms with Gasteiger partial charge in [-0.2, -0.15) is 5.10 Å². The Hall–Kier alpha value is -3.35. The molecular formula is C20H20FN3O3. The zero-order chi connectivity index (χ0) is 19.4. The first kappa shape index (κ1) is 18.4. The summed E-state index contributed by atoms with van der Waals surface area (Å²) in [5.41, 5.74) is 2.36. The monoisotopic (exact) mass is 369 g/mol. The van der Waals surface area contributed by atoms with Gasteiger partial charge in [-0.25, -0.2) is 9.07 Å². The van der Waals surface area contributed by atoms with Gasteiger partial charge < -0.3 is 14.8 Å². The molecule has 1 N–H and O–H groups in total. The lowest BCUT2D eigenvalue weighted by Crippen LogP contribution is -2.14. The number of carbonyl (C=O) groups excluding carboxylic acids is 1. The van der Waals surface area contributed by atoms with Gasteiger partial charge >= 0.3 is 0 Å². The number of methoxy groups -OCH3 is 2. The van der Waals surface area contributed by atoms with E-state index in [2.05, 4.69) is 10.4 Å². The molecule has 2 aromatic carbocycles.